The molecule has 13 nitrogen and oxygen atoms in total. The molecule has 2 aromatic rings. The third kappa shape index (κ3) is 5.45. The summed E-state index contributed by atoms with van der Waals surface area (Å²) < 4.78 is 15.9. The van der Waals surface area contributed by atoms with Gasteiger partial charge < -0.3 is 35.7 Å². The number of hydrogen-bond acceptors (Lipinski definition) is 8. The molecule has 0 radical (unpaired) electrons. The minimum absolute atomic E-state index is 0.148. The van der Waals surface area contributed by atoms with Gasteiger partial charge in [-0.3, -0.25) is 24.7 Å². The second-order valence-corrected chi connectivity index (χ2v) is 8.61. The minimum Gasteiger partial charge on any atom is -0.493 e. The maximum atomic E-state index is 13.2. The minimum atomic E-state index is -1.45. The number of amides is 4. The summed E-state index contributed by atoms with van der Waals surface area (Å²) in [6.45, 7) is 0.851. The molecule has 4 amide bonds. The third-order valence-electron chi connectivity index (χ3n) is 6.15. The van der Waals surface area contributed by atoms with Crippen molar-refractivity contribution in [3.63, 3.8) is 0 Å². The lowest BCUT2D eigenvalue weighted by atomic mass is 9.91. The molecule has 2 aromatic carbocycles. The Morgan fingerprint density at radius 2 is 1.68 bits per heavy atom. The quantitative estimate of drug-likeness (QED) is 0.162. The molecule has 3 rings (SSSR count). The topological polar surface area (TPSA) is 193 Å². The molecule has 0 aromatic heterocycles. The molecular formula is C25H29N5O8. The number of hydrogen-bond donors (Lipinski definition) is 5. The predicted molar refractivity (Wildman–Crippen MR) is 134 cm³/mol. The van der Waals surface area contributed by atoms with Gasteiger partial charge in [-0.05, 0) is 30.2 Å². The normalized spacial score (nSPS) is 17.4. The van der Waals surface area contributed by atoms with Crippen molar-refractivity contribution in [1.29, 1.82) is 5.41 Å². The smallest absolute Gasteiger partial charge is 0.325 e. The van der Waals surface area contributed by atoms with Crippen LogP contribution in [-0.4, -0.2) is 67.5 Å². The number of imide groups is 1. The highest BCUT2D eigenvalue weighted by molar-refractivity contribution is 6.09. The SMILES string of the molecule is COc1cc(C(CC(=O)O)NC(=O)CN2C(=O)NC(C)(c3ccc(C(=N)N)cc3)C2=O)cc(OC)c1OC. The first-order valence-electron chi connectivity index (χ1n) is 11.3. The van der Waals surface area contributed by atoms with Crippen molar-refractivity contribution < 1.29 is 38.5 Å². The molecule has 2 atom stereocenters. The van der Waals surface area contributed by atoms with Crippen LogP contribution in [0.3, 0.4) is 0 Å². The van der Waals surface area contributed by atoms with Gasteiger partial charge in [-0.1, -0.05) is 24.3 Å². The average Bonchev–Trinajstić information content (AvgIpc) is 3.10. The molecule has 1 aliphatic rings. The summed E-state index contributed by atoms with van der Waals surface area (Å²) in [5.74, 6) is -1.97. The number of benzene rings is 2. The van der Waals surface area contributed by atoms with Crippen LogP contribution < -0.4 is 30.6 Å². The summed E-state index contributed by atoms with van der Waals surface area (Å²) in [6.07, 6.45) is -0.495. The number of nitrogens with zero attached hydrogens (tertiary/aromatic N) is 1. The van der Waals surface area contributed by atoms with E-state index in [1.807, 2.05) is 0 Å². The van der Waals surface area contributed by atoms with Crippen molar-refractivity contribution in [2.75, 3.05) is 27.9 Å². The van der Waals surface area contributed by atoms with Crippen LogP contribution in [0.25, 0.3) is 0 Å². The zero-order valence-electron chi connectivity index (χ0n) is 21.3. The molecule has 2 unspecified atom stereocenters. The molecule has 0 saturated carbocycles. The van der Waals surface area contributed by atoms with Crippen LogP contribution in [0.2, 0.25) is 0 Å². The molecular weight excluding hydrogens is 498 g/mol. The number of nitrogens with two attached hydrogens (primary N) is 1. The van der Waals surface area contributed by atoms with Crippen molar-refractivity contribution in [3.8, 4) is 17.2 Å². The standard InChI is InChI=1S/C25H29N5O8/c1-25(15-7-5-13(6-8-15)22(26)27)23(34)30(24(35)29-25)12-19(31)28-16(11-20(32)33)14-9-17(36-2)21(38-4)18(10-14)37-3/h5-10,16H,11-12H2,1-4H3,(H3,26,27)(H,28,31)(H,29,35)(H,32,33). The van der Waals surface area contributed by atoms with Gasteiger partial charge in [0.25, 0.3) is 5.91 Å². The average molecular weight is 528 g/mol. The second-order valence-electron chi connectivity index (χ2n) is 8.61. The van der Waals surface area contributed by atoms with E-state index in [1.165, 1.54) is 40.4 Å². The van der Waals surface area contributed by atoms with E-state index in [9.17, 15) is 24.3 Å². The fourth-order valence-electron chi connectivity index (χ4n) is 4.13. The van der Waals surface area contributed by atoms with Gasteiger partial charge in [0, 0.05) is 5.56 Å². The molecule has 13 heteroatoms. The van der Waals surface area contributed by atoms with E-state index in [1.54, 1.807) is 24.3 Å². The number of aliphatic carboxylic acids is 1. The fraction of sp³-hybridized carbons (Fsp3) is 0.320. The Balaban J connectivity index is 1.83. The van der Waals surface area contributed by atoms with E-state index in [0.29, 0.717) is 16.7 Å². The number of ether oxygens (including phenoxy) is 3. The molecule has 1 saturated heterocycles. The van der Waals surface area contributed by atoms with E-state index in [0.717, 1.165) is 4.90 Å². The van der Waals surface area contributed by atoms with Crippen molar-refractivity contribution in [2.45, 2.75) is 24.9 Å². The summed E-state index contributed by atoms with van der Waals surface area (Å²) in [5, 5.41) is 22.1. The Morgan fingerprint density at radius 3 is 2.16 bits per heavy atom. The summed E-state index contributed by atoms with van der Waals surface area (Å²) in [7, 11) is 4.21. The Labute approximate surface area is 218 Å². The number of rotatable bonds is 11. The molecule has 1 fully saturated rings. The first-order chi connectivity index (χ1) is 17.9. The highest BCUT2D eigenvalue weighted by Gasteiger charge is 2.49. The van der Waals surface area contributed by atoms with Gasteiger partial charge >= 0.3 is 12.0 Å². The molecule has 202 valence electrons. The number of carboxylic acids is 1. The number of nitrogens with one attached hydrogen (secondary N) is 3. The molecule has 1 heterocycles. The summed E-state index contributed by atoms with van der Waals surface area (Å²) in [6, 6.07) is 7.40. The Morgan fingerprint density at radius 1 is 1.11 bits per heavy atom. The van der Waals surface area contributed by atoms with Gasteiger partial charge in [0.1, 0.15) is 17.9 Å². The zero-order valence-corrected chi connectivity index (χ0v) is 21.3. The van der Waals surface area contributed by atoms with Crippen LogP contribution in [0.15, 0.2) is 36.4 Å². The Hall–Kier alpha value is -4.81. The van der Waals surface area contributed by atoms with Crippen LogP contribution in [0.5, 0.6) is 17.2 Å². The lowest BCUT2D eigenvalue weighted by Crippen LogP contribution is -2.44. The number of carbonyl (C=O) groups is 4. The number of carbonyl (C=O) groups excluding carboxylic acids is 3. The lowest BCUT2D eigenvalue weighted by Gasteiger charge is -2.23. The summed E-state index contributed by atoms with van der Waals surface area (Å²) in [4.78, 5) is 51.2. The first kappa shape index (κ1) is 27.8. The zero-order chi connectivity index (χ0) is 28.2. The summed E-state index contributed by atoms with van der Waals surface area (Å²) in [5.41, 5.74) is 5.25. The van der Waals surface area contributed by atoms with Gasteiger partial charge in [0.15, 0.2) is 11.5 Å². The van der Waals surface area contributed by atoms with Crippen molar-refractivity contribution >= 4 is 29.7 Å². The number of amidine groups is 1. The van der Waals surface area contributed by atoms with Crippen LogP contribution in [0.4, 0.5) is 4.79 Å². The third-order valence-corrected chi connectivity index (χ3v) is 6.15. The highest BCUT2D eigenvalue weighted by Crippen LogP contribution is 2.40. The molecule has 1 aliphatic heterocycles. The van der Waals surface area contributed by atoms with Crippen LogP contribution in [-0.2, 0) is 19.9 Å². The van der Waals surface area contributed by atoms with Crippen LogP contribution in [0.1, 0.15) is 36.1 Å². The monoisotopic (exact) mass is 527 g/mol. The van der Waals surface area contributed by atoms with Gasteiger partial charge in [-0.2, -0.15) is 0 Å². The van der Waals surface area contributed by atoms with E-state index in [2.05, 4.69) is 10.6 Å². The van der Waals surface area contributed by atoms with E-state index < -0.39 is 48.4 Å². The second kappa shape index (κ2) is 11.1. The number of urea groups is 1. The van der Waals surface area contributed by atoms with Crippen molar-refractivity contribution in [3.05, 3.63) is 53.1 Å². The maximum Gasteiger partial charge on any atom is 0.325 e. The van der Waals surface area contributed by atoms with Gasteiger partial charge in [0.2, 0.25) is 11.7 Å². The van der Waals surface area contributed by atoms with E-state index >= 15 is 0 Å². The van der Waals surface area contributed by atoms with Crippen molar-refractivity contribution in [2.24, 2.45) is 5.73 Å². The van der Waals surface area contributed by atoms with Crippen LogP contribution >= 0.6 is 0 Å². The van der Waals surface area contributed by atoms with E-state index in [4.69, 9.17) is 25.4 Å². The van der Waals surface area contributed by atoms with Crippen LogP contribution in [0, 0.1) is 5.41 Å². The largest absolute Gasteiger partial charge is 0.493 e. The highest BCUT2D eigenvalue weighted by atomic mass is 16.5. The first-order valence-corrected chi connectivity index (χ1v) is 11.3. The van der Waals surface area contributed by atoms with E-state index in [-0.39, 0.29) is 23.1 Å². The van der Waals surface area contributed by atoms with Gasteiger partial charge in [0.05, 0.1) is 33.8 Å². The lowest BCUT2D eigenvalue weighted by molar-refractivity contribution is -0.138. The molecule has 38 heavy (non-hydrogen) atoms. The Bertz CT molecular complexity index is 1250. The fourth-order valence-corrected chi connectivity index (χ4v) is 4.13. The molecule has 6 N–H and O–H groups in total. The number of carboxylic acid groups (broad SMARTS) is 1. The maximum absolute atomic E-state index is 13.2. The molecule has 0 aliphatic carbocycles. The summed E-state index contributed by atoms with van der Waals surface area (Å²) >= 11 is 0. The predicted octanol–water partition coefficient (Wildman–Crippen LogP) is 1.10. The molecule has 0 spiro atoms. The molecule has 0 bridgehead atoms. The van der Waals surface area contributed by atoms with Gasteiger partial charge in [-0.15, -0.1) is 0 Å². The number of nitrogen functional groups attached to an aromatic ring is 1. The Kier molecular flexibility index (Phi) is 8.09. The van der Waals surface area contributed by atoms with Crippen molar-refractivity contribution in [1.82, 2.24) is 15.5 Å². The number of methoxy groups -OCH3 is 3. The van der Waals surface area contributed by atoms with Gasteiger partial charge in [-0.25, -0.2) is 4.79 Å².